The molecule has 1 heterocycles. The summed E-state index contributed by atoms with van der Waals surface area (Å²) in [5.41, 5.74) is 12.0. The second kappa shape index (κ2) is 3.98. The van der Waals surface area contributed by atoms with Gasteiger partial charge in [-0.15, -0.1) is 0 Å². The highest BCUT2D eigenvalue weighted by atomic mass is 16.5. The summed E-state index contributed by atoms with van der Waals surface area (Å²) < 4.78 is 5.88. The number of fused-ring (bicyclic) bond motifs is 1. The van der Waals surface area contributed by atoms with Crippen LogP contribution in [0.25, 0.3) is 0 Å². The summed E-state index contributed by atoms with van der Waals surface area (Å²) in [6.45, 7) is 2.18. The Morgan fingerprint density at radius 1 is 1.26 bits per heavy atom. The summed E-state index contributed by atoms with van der Waals surface area (Å²) in [5, 5.41) is 0. The third-order valence-corrected chi connectivity index (χ3v) is 4.06. The van der Waals surface area contributed by atoms with Crippen LogP contribution >= 0.6 is 0 Å². The molecule has 0 aromatic heterocycles. The highest BCUT2D eigenvalue weighted by Crippen LogP contribution is 2.47. The third kappa shape index (κ3) is 1.95. The van der Waals surface area contributed by atoms with E-state index in [1.165, 1.54) is 6.07 Å². The third-order valence-electron chi connectivity index (χ3n) is 4.06. The summed E-state index contributed by atoms with van der Waals surface area (Å²) in [6, 6.07) is 3.12. The summed E-state index contributed by atoms with van der Waals surface area (Å²) in [7, 11) is 0. The minimum absolute atomic E-state index is 0.0891. The molecule has 1 aromatic rings. The lowest BCUT2D eigenvalue weighted by molar-refractivity contribution is 0.0994. The Hall–Kier alpha value is -2.04. The fourth-order valence-electron chi connectivity index (χ4n) is 2.82. The van der Waals surface area contributed by atoms with Crippen LogP contribution in [0.2, 0.25) is 0 Å². The minimum Gasteiger partial charge on any atom is -0.489 e. The van der Waals surface area contributed by atoms with E-state index in [0.29, 0.717) is 29.6 Å². The zero-order valence-corrected chi connectivity index (χ0v) is 10.7. The van der Waals surface area contributed by atoms with Gasteiger partial charge in [0, 0.05) is 12.0 Å². The molecule has 100 valence electrons. The number of carbonyl (C=O) groups excluding carboxylic acids is 2. The van der Waals surface area contributed by atoms with Crippen molar-refractivity contribution in [3.63, 3.8) is 0 Å². The quantitative estimate of drug-likeness (QED) is 0.843. The number of hydrogen-bond acceptors (Lipinski definition) is 3. The molecule has 4 N–H and O–H groups in total. The smallest absolute Gasteiger partial charge is 0.252 e. The van der Waals surface area contributed by atoms with E-state index in [9.17, 15) is 9.59 Å². The molecule has 2 amide bonds. The second-order valence-electron chi connectivity index (χ2n) is 5.48. The predicted molar refractivity (Wildman–Crippen MR) is 68.9 cm³/mol. The number of rotatable bonds is 3. The van der Waals surface area contributed by atoms with Crippen molar-refractivity contribution in [2.45, 2.75) is 25.9 Å². The van der Waals surface area contributed by atoms with Crippen LogP contribution < -0.4 is 16.2 Å². The number of ether oxygens (including phenoxy) is 1. The van der Waals surface area contributed by atoms with Crippen LogP contribution in [0.5, 0.6) is 5.75 Å². The van der Waals surface area contributed by atoms with Crippen molar-refractivity contribution in [1.82, 2.24) is 0 Å². The topological polar surface area (TPSA) is 95.4 Å². The van der Waals surface area contributed by atoms with Gasteiger partial charge < -0.3 is 16.2 Å². The Morgan fingerprint density at radius 3 is 2.47 bits per heavy atom. The number of nitrogens with two attached hydrogens (primary N) is 2. The van der Waals surface area contributed by atoms with E-state index in [0.717, 1.165) is 12.0 Å². The summed E-state index contributed by atoms with van der Waals surface area (Å²) in [4.78, 5) is 22.8. The molecule has 1 aliphatic carbocycles. The van der Waals surface area contributed by atoms with E-state index >= 15 is 0 Å². The zero-order chi connectivity index (χ0) is 13.7. The molecule has 3 rings (SSSR count). The van der Waals surface area contributed by atoms with Crippen molar-refractivity contribution < 1.29 is 14.3 Å². The monoisotopic (exact) mass is 260 g/mol. The van der Waals surface area contributed by atoms with Gasteiger partial charge in [-0.1, -0.05) is 6.92 Å². The van der Waals surface area contributed by atoms with Crippen LogP contribution in [0.15, 0.2) is 12.1 Å². The highest BCUT2D eigenvalue weighted by molar-refractivity contribution is 6.01. The molecule has 5 nitrogen and oxygen atoms in total. The lowest BCUT2D eigenvalue weighted by Gasteiger charge is -2.11. The number of primary amides is 2. The summed E-state index contributed by atoms with van der Waals surface area (Å²) in [6.07, 6.45) is 1.95. The van der Waals surface area contributed by atoms with Crippen LogP contribution in [-0.4, -0.2) is 17.9 Å². The van der Waals surface area contributed by atoms with Crippen molar-refractivity contribution >= 4 is 11.8 Å². The maximum atomic E-state index is 11.5. The molecule has 1 aliphatic heterocycles. The Labute approximate surface area is 110 Å². The molecule has 0 saturated heterocycles. The average molecular weight is 260 g/mol. The summed E-state index contributed by atoms with van der Waals surface area (Å²) in [5.74, 6) is 0.566. The van der Waals surface area contributed by atoms with Gasteiger partial charge in [-0.2, -0.15) is 0 Å². The van der Waals surface area contributed by atoms with Gasteiger partial charge in [-0.25, -0.2) is 0 Å². The molecule has 0 spiro atoms. The van der Waals surface area contributed by atoms with Crippen LogP contribution in [0.1, 0.15) is 39.6 Å². The average Bonchev–Trinajstić information content (AvgIpc) is 2.92. The maximum absolute atomic E-state index is 11.5. The first kappa shape index (κ1) is 12.0. The summed E-state index contributed by atoms with van der Waals surface area (Å²) >= 11 is 0. The van der Waals surface area contributed by atoms with Gasteiger partial charge in [0.25, 0.3) is 5.91 Å². The minimum atomic E-state index is -0.594. The molecule has 2 aliphatic rings. The number of hydrogen-bond donors (Lipinski definition) is 2. The molecular formula is C14H16N2O3. The second-order valence-corrected chi connectivity index (χ2v) is 5.48. The molecule has 1 aromatic carbocycles. The van der Waals surface area contributed by atoms with E-state index in [2.05, 4.69) is 6.92 Å². The van der Waals surface area contributed by atoms with Crippen molar-refractivity contribution in [3.8, 4) is 5.75 Å². The van der Waals surface area contributed by atoms with Gasteiger partial charge in [0.05, 0.1) is 5.56 Å². The fraction of sp³-hybridized carbons (Fsp3) is 0.429. The van der Waals surface area contributed by atoms with E-state index < -0.39 is 11.8 Å². The van der Waals surface area contributed by atoms with Gasteiger partial charge in [-0.3, -0.25) is 9.59 Å². The molecule has 5 heteroatoms. The maximum Gasteiger partial charge on any atom is 0.252 e. The first-order valence-corrected chi connectivity index (χ1v) is 6.40. The molecule has 19 heavy (non-hydrogen) atoms. The zero-order valence-electron chi connectivity index (χ0n) is 10.7. The van der Waals surface area contributed by atoms with Crippen molar-refractivity contribution in [2.75, 3.05) is 0 Å². The van der Waals surface area contributed by atoms with Gasteiger partial charge in [0.2, 0.25) is 5.91 Å². The molecule has 1 fully saturated rings. The van der Waals surface area contributed by atoms with Crippen molar-refractivity contribution in [3.05, 3.63) is 28.8 Å². The Balaban J connectivity index is 2.00. The van der Waals surface area contributed by atoms with Gasteiger partial charge in [-0.05, 0) is 36.0 Å². The van der Waals surface area contributed by atoms with Gasteiger partial charge in [0.1, 0.15) is 11.9 Å². The van der Waals surface area contributed by atoms with Crippen LogP contribution in [0.4, 0.5) is 0 Å². The fourth-order valence-corrected chi connectivity index (χ4v) is 2.82. The lowest BCUT2D eigenvalue weighted by atomic mass is 10.00. The molecule has 1 unspecified atom stereocenters. The Morgan fingerprint density at radius 2 is 1.95 bits per heavy atom. The molecule has 1 saturated carbocycles. The number of amides is 2. The highest BCUT2D eigenvalue weighted by Gasteiger charge is 2.44. The van der Waals surface area contributed by atoms with Crippen molar-refractivity contribution in [1.29, 1.82) is 0 Å². The first-order chi connectivity index (χ1) is 8.97. The van der Waals surface area contributed by atoms with Gasteiger partial charge >= 0.3 is 0 Å². The molecular weight excluding hydrogens is 244 g/mol. The molecule has 0 bridgehead atoms. The van der Waals surface area contributed by atoms with E-state index in [-0.39, 0.29) is 11.7 Å². The lowest BCUT2D eigenvalue weighted by Crippen LogP contribution is -2.18. The first-order valence-electron chi connectivity index (χ1n) is 6.40. The number of carbonyl (C=O) groups is 2. The molecule has 3 atom stereocenters. The van der Waals surface area contributed by atoms with E-state index in [1.807, 2.05) is 0 Å². The van der Waals surface area contributed by atoms with Gasteiger partial charge in [0.15, 0.2) is 0 Å². The normalized spacial score (nSPS) is 27.5. The SMILES string of the molecule is C[C@H]1C[C@@H]1C1Cc2cc(C(N)=O)cc(C(N)=O)c2O1. The number of benzene rings is 1. The van der Waals surface area contributed by atoms with Crippen molar-refractivity contribution in [2.24, 2.45) is 23.3 Å². The van der Waals surface area contributed by atoms with Crippen LogP contribution in [-0.2, 0) is 6.42 Å². The Bertz CT molecular complexity index is 582. The predicted octanol–water partition coefficient (Wildman–Crippen LogP) is 0.844. The van der Waals surface area contributed by atoms with E-state index in [4.69, 9.17) is 16.2 Å². The largest absolute Gasteiger partial charge is 0.489 e. The van der Waals surface area contributed by atoms with E-state index in [1.54, 1.807) is 6.07 Å². The van der Waals surface area contributed by atoms with Crippen LogP contribution in [0.3, 0.4) is 0 Å². The Kier molecular flexibility index (Phi) is 2.52. The van der Waals surface area contributed by atoms with Crippen LogP contribution in [0, 0.1) is 11.8 Å². The molecule has 0 radical (unpaired) electrons. The standard InChI is InChI=1S/C14H16N2O3/c1-6-2-9(6)11-5-7-3-8(13(15)17)4-10(14(16)18)12(7)19-11/h3-4,6,9,11H,2,5H2,1H3,(H2,15,17)(H2,16,18)/t6-,9-,11?/m0/s1.